The van der Waals surface area contributed by atoms with Gasteiger partial charge < -0.3 is 20.7 Å². The summed E-state index contributed by atoms with van der Waals surface area (Å²) in [5.41, 5.74) is 1.06. The predicted molar refractivity (Wildman–Crippen MR) is 111 cm³/mol. The van der Waals surface area contributed by atoms with Gasteiger partial charge in [-0.25, -0.2) is 0 Å². The second-order valence-electron chi connectivity index (χ2n) is 6.76. The van der Waals surface area contributed by atoms with Gasteiger partial charge in [0.15, 0.2) is 5.96 Å². The summed E-state index contributed by atoms with van der Waals surface area (Å²) in [7, 11) is 3.36. The molecule has 0 spiro atoms. The molecule has 2 rings (SSSR count). The highest BCUT2D eigenvalue weighted by Gasteiger charge is 2.20. The molecule has 0 saturated heterocycles. The first-order chi connectivity index (χ1) is 13.1. The Kier molecular flexibility index (Phi) is 9.25. The van der Waals surface area contributed by atoms with E-state index in [2.05, 4.69) is 20.9 Å². The molecule has 1 aromatic carbocycles. The van der Waals surface area contributed by atoms with Gasteiger partial charge in [0.1, 0.15) is 5.75 Å². The topological polar surface area (TPSA) is 74.8 Å². The van der Waals surface area contributed by atoms with E-state index in [4.69, 9.17) is 16.3 Å². The number of carbonyl (C=O) groups excluding carboxylic acids is 1. The van der Waals surface area contributed by atoms with E-state index in [0.717, 1.165) is 30.6 Å². The van der Waals surface area contributed by atoms with Crippen LogP contribution >= 0.6 is 11.6 Å². The number of halogens is 1. The average Bonchev–Trinajstić information content (AvgIpc) is 2.71. The smallest absolute Gasteiger partial charge is 0.223 e. The van der Waals surface area contributed by atoms with Gasteiger partial charge in [0.05, 0.1) is 7.11 Å². The third-order valence-corrected chi connectivity index (χ3v) is 5.22. The number of rotatable bonds is 8. The number of methoxy groups -OCH3 is 1. The van der Waals surface area contributed by atoms with E-state index >= 15 is 0 Å². The molecular formula is C20H31ClN4O2. The molecule has 1 aliphatic carbocycles. The SMILES string of the molecule is CN=C(NCCNC(=O)C1CCCCC1)NCCc1ccc(OC)cc1Cl. The van der Waals surface area contributed by atoms with Crippen molar-refractivity contribution in [3.05, 3.63) is 28.8 Å². The van der Waals surface area contributed by atoms with Crippen LogP contribution in [0.5, 0.6) is 5.75 Å². The Morgan fingerprint density at radius 2 is 1.85 bits per heavy atom. The Labute approximate surface area is 167 Å². The van der Waals surface area contributed by atoms with Gasteiger partial charge >= 0.3 is 0 Å². The molecule has 150 valence electrons. The lowest BCUT2D eigenvalue weighted by Gasteiger charge is -2.21. The standard InChI is InChI=1S/C20H31ClN4O2/c1-22-20(24-11-10-15-8-9-17(27-2)14-18(15)21)25-13-12-23-19(26)16-6-4-3-5-7-16/h8-9,14,16H,3-7,10-13H2,1-2H3,(H,23,26)(H2,22,24,25). The molecule has 0 aromatic heterocycles. The van der Waals surface area contributed by atoms with Crippen LogP contribution in [-0.2, 0) is 11.2 Å². The fraction of sp³-hybridized carbons (Fsp3) is 0.600. The Morgan fingerprint density at radius 1 is 1.15 bits per heavy atom. The summed E-state index contributed by atoms with van der Waals surface area (Å²) in [6.07, 6.45) is 6.43. The molecule has 1 aliphatic rings. The fourth-order valence-corrected chi connectivity index (χ4v) is 3.53. The summed E-state index contributed by atoms with van der Waals surface area (Å²) in [6.45, 7) is 1.95. The van der Waals surface area contributed by atoms with Crippen molar-refractivity contribution in [2.24, 2.45) is 10.9 Å². The molecule has 3 N–H and O–H groups in total. The summed E-state index contributed by atoms with van der Waals surface area (Å²) in [5, 5.41) is 10.2. The van der Waals surface area contributed by atoms with Gasteiger partial charge in [-0.15, -0.1) is 0 Å². The average molecular weight is 395 g/mol. The van der Waals surface area contributed by atoms with Crippen molar-refractivity contribution in [1.29, 1.82) is 0 Å². The van der Waals surface area contributed by atoms with Crippen LogP contribution in [0.4, 0.5) is 0 Å². The zero-order valence-electron chi connectivity index (χ0n) is 16.3. The minimum atomic E-state index is 0.189. The molecule has 1 amide bonds. The molecule has 0 radical (unpaired) electrons. The minimum absolute atomic E-state index is 0.189. The number of guanidine groups is 1. The third kappa shape index (κ3) is 7.29. The number of nitrogens with zero attached hydrogens (tertiary/aromatic N) is 1. The normalized spacial score (nSPS) is 15.3. The number of ether oxygens (including phenoxy) is 1. The zero-order chi connectivity index (χ0) is 19.5. The number of carbonyl (C=O) groups is 1. The maximum Gasteiger partial charge on any atom is 0.223 e. The fourth-order valence-electron chi connectivity index (χ4n) is 3.27. The highest BCUT2D eigenvalue weighted by atomic mass is 35.5. The second-order valence-corrected chi connectivity index (χ2v) is 7.17. The minimum Gasteiger partial charge on any atom is -0.497 e. The Hall–Kier alpha value is -1.95. The molecular weight excluding hydrogens is 364 g/mol. The van der Waals surface area contributed by atoms with Crippen molar-refractivity contribution >= 4 is 23.5 Å². The third-order valence-electron chi connectivity index (χ3n) is 4.86. The molecule has 1 aromatic rings. The molecule has 0 aliphatic heterocycles. The van der Waals surface area contributed by atoms with E-state index in [1.54, 1.807) is 14.2 Å². The summed E-state index contributed by atoms with van der Waals surface area (Å²) >= 11 is 6.26. The van der Waals surface area contributed by atoms with E-state index in [-0.39, 0.29) is 11.8 Å². The van der Waals surface area contributed by atoms with Crippen molar-refractivity contribution in [3.63, 3.8) is 0 Å². The number of hydrogen-bond donors (Lipinski definition) is 3. The van der Waals surface area contributed by atoms with Crippen LogP contribution < -0.4 is 20.7 Å². The molecule has 0 bridgehead atoms. The summed E-state index contributed by atoms with van der Waals surface area (Å²) in [5.74, 6) is 1.86. The number of benzene rings is 1. The van der Waals surface area contributed by atoms with Crippen LogP contribution in [0.2, 0.25) is 5.02 Å². The maximum absolute atomic E-state index is 12.1. The lowest BCUT2D eigenvalue weighted by atomic mass is 9.89. The zero-order valence-corrected chi connectivity index (χ0v) is 17.1. The molecule has 0 unspecified atom stereocenters. The van der Waals surface area contributed by atoms with Gasteiger partial charge in [-0.2, -0.15) is 0 Å². The molecule has 6 nitrogen and oxygen atoms in total. The molecule has 7 heteroatoms. The van der Waals surface area contributed by atoms with Crippen LogP contribution in [-0.4, -0.2) is 45.7 Å². The number of amides is 1. The Balaban J connectivity index is 1.63. The first-order valence-corrected chi connectivity index (χ1v) is 10.1. The highest BCUT2D eigenvalue weighted by molar-refractivity contribution is 6.31. The predicted octanol–water partition coefficient (Wildman–Crippen LogP) is 2.75. The number of hydrogen-bond acceptors (Lipinski definition) is 3. The monoisotopic (exact) mass is 394 g/mol. The van der Waals surface area contributed by atoms with Crippen LogP contribution in [0, 0.1) is 5.92 Å². The van der Waals surface area contributed by atoms with Crippen molar-refractivity contribution in [3.8, 4) is 5.75 Å². The lowest BCUT2D eigenvalue weighted by molar-refractivity contribution is -0.125. The van der Waals surface area contributed by atoms with Gasteiger partial charge in [0.2, 0.25) is 5.91 Å². The molecule has 1 fully saturated rings. The Bertz CT molecular complexity index is 630. The van der Waals surface area contributed by atoms with E-state index in [9.17, 15) is 4.79 Å². The second kappa shape index (κ2) is 11.7. The van der Waals surface area contributed by atoms with E-state index in [1.807, 2.05) is 18.2 Å². The van der Waals surface area contributed by atoms with Crippen molar-refractivity contribution in [2.75, 3.05) is 33.8 Å². The van der Waals surface area contributed by atoms with E-state index in [0.29, 0.717) is 30.6 Å². The lowest BCUT2D eigenvalue weighted by Crippen LogP contribution is -2.43. The van der Waals surface area contributed by atoms with E-state index in [1.165, 1.54) is 19.3 Å². The largest absolute Gasteiger partial charge is 0.497 e. The summed E-state index contributed by atoms with van der Waals surface area (Å²) in [6, 6.07) is 5.70. The Morgan fingerprint density at radius 3 is 2.52 bits per heavy atom. The molecule has 1 saturated carbocycles. The van der Waals surface area contributed by atoms with Crippen LogP contribution in [0.25, 0.3) is 0 Å². The van der Waals surface area contributed by atoms with Crippen LogP contribution in [0.1, 0.15) is 37.7 Å². The number of nitrogens with one attached hydrogen (secondary N) is 3. The molecule has 27 heavy (non-hydrogen) atoms. The van der Waals surface area contributed by atoms with Crippen LogP contribution in [0.15, 0.2) is 23.2 Å². The van der Waals surface area contributed by atoms with E-state index < -0.39 is 0 Å². The molecule has 0 atom stereocenters. The van der Waals surface area contributed by atoms with Crippen molar-refractivity contribution in [1.82, 2.24) is 16.0 Å². The van der Waals surface area contributed by atoms with Gasteiger partial charge in [0.25, 0.3) is 0 Å². The van der Waals surface area contributed by atoms with Crippen molar-refractivity contribution in [2.45, 2.75) is 38.5 Å². The number of aliphatic imine (C=N–C) groups is 1. The maximum atomic E-state index is 12.1. The van der Waals surface area contributed by atoms with Gasteiger partial charge in [0, 0.05) is 37.6 Å². The van der Waals surface area contributed by atoms with Gasteiger partial charge in [-0.3, -0.25) is 9.79 Å². The van der Waals surface area contributed by atoms with Crippen LogP contribution in [0.3, 0.4) is 0 Å². The van der Waals surface area contributed by atoms with Gasteiger partial charge in [-0.1, -0.05) is 36.9 Å². The molecule has 0 heterocycles. The summed E-state index contributed by atoms with van der Waals surface area (Å²) < 4.78 is 5.16. The highest BCUT2D eigenvalue weighted by Crippen LogP contribution is 2.23. The first kappa shape index (κ1) is 21.4. The first-order valence-electron chi connectivity index (χ1n) is 9.68. The quantitative estimate of drug-likeness (QED) is 0.360. The van der Waals surface area contributed by atoms with Gasteiger partial charge in [-0.05, 0) is 37.0 Å². The van der Waals surface area contributed by atoms with Crippen molar-refractivity contribution < 1.29 is 9.53 Å². The summed E-state index contributed by atoms with van der Waals surface area (Å²) in [4.78, 5) is 16.3.